The van der Waals surface area contributed by atoms with Gasteiger partial charge in [-0.3, -0.25) is 20.4 Å². The molecule has 0 bridgehead atoms. The third kappa shape index (κ3) is 7.07. The lowest BCUT2D eigenvalue weighted by Crippen LogP contribution is -2.43. The molecule has 2 amide bonds. The number of rotatable bonds is 7. The van der Waals surface area contributed by atoms with Gasteiger partial charge in [0, 0.05) is 0 Å². The molecule has 0 aliphatic heterocycles. The smallest absolute Gasteiger partial charge is 0.339 e. The third-order valence-electron chi connectivity index (χ3n) is 6.35. The van der Waals surface area contributed by atoms with Crippen LogP contribution in [-0.2, 0) is 14.3 Å². The number of benzene rings is 2. The minimum atomic E-state index is -0.854. The zero-order chi connectivity index (χ0) is 26.2. The number of esters is 2. The zero-order valence-corrected chi connectivity index (χ0v) is 21.3. The minimum Gasteiger partial charge on any atom is -0.458 e. The van der Waals surface area contributed by atoms with E-state index in [9.17, 15) is 19.2 Å². The second-order valence-electron chi connectivity index (χ2n) is 9.37. The molecule has 0 unspecified atom stereocenters. The van der Waals surface area contributed by atoms with Crippen LogP contribution in [0.4, 0.5) is 0 Å². The van der Waals surface area contributed by atoms with Crippen LogP contribution in [0.5, 0.6) is 0 Å². The number of halogens is 1. The summed E-state index contributed by atoms with van der Waals surface area (Å²) in [5.41, 5.74) is 4.62. The van der Waals surface area contributed by atoms with E-state index in [2.05, 4.69) is 31.6 Å². The number of carbonyl (C=O) groups is 4. The van der Waals surface area contributed by atoms with E-state index in [-0.39, 0.29) is 33.7 Å². The number of nitrogens with one attached hydrogen (secondary N) is 2. The van der Waals surface area contributed by atoms with Crippen molar-refractivity contribution in [3.05, 3.63) is 70.2 Å². The Morgan fingerprint density at radius 1 is 0.917 bits per heavy atom. The molecule has 3 rings (SSSR count). The number of amides is 2. The number of hydrogen-bond donors (Lipinski definition) is 2. The van der Waals surface area contributed by atoms with E-state index >= 15 is 0 Å². The summed E-state index contributed by atoms with van der Waals surface area (Å²) in [6.07, 6.45) is 2.64. The van der Waals surface area contributed by atoms with Crippen LogP contribution in [0.1, 0.15) is 71.1 Å². The predicted molar refractivity (Wildman–Crippen MR) is 134 cm³/mol. The molecular weight excluding hydrogens is 484 g/mol. The van der Waals surface area contributed by atoms with E-state index in [4.69, 9.17) is 21.1 Å². The van der Waals surface area contributed by atoms with Gasteiger partial charge < -0.3 is 9.47 Å². The summed E-state index contributed by atoms with van der Waals surface area (Å²) >= 11 is 5.96. The van der Waals surface area contributed by atoms with Gasteiger partial charge in [-0.15, -0.1) is 0 Å². The van der Waals surface area contributed by atoms with Gasteiger partial charge in [-0.2, -0.15) is 0 Å². The maximum absolute atomic E-state index is 13.0. The standard InChI is InChI=1S/C27H31ClN2O6/c1-16(2)18-13-12-17(3)14-23(18)36-27(34)20-9-5-4-8-19(20)26(33)35-15-24(31)29-30-25(32)21-10-6-7-11-22(21)28/h4-11,16-18,23H,12-15H2,1-3H3,(H,29,31)(H,30,32)/t17-,18-,23+/m1/s1. The summed E-state index contributed by atoms with van der Waals surface area (Å²) in [5.74, 6) is -1.75. The Hall–Kier alpha value is -3.39. The maximum atomic E-state index is 13.0. The molecule has 0 spiro atoms. The Morgan fingerprint density at radius 3 is 2.17 bits per heavy atom. The fourth-order valence-corrected chi connectivity index (χ4v) is 4.60. The first kappa shape index (κ1) is 27.2. The van der Waals surface area contributed by atoms with Crippen molar-refractivity contribution in [2.24, 2.45) is 17.8 Å². The highest BCUT2D eigenvalue weighted by Crippen LogP contribution is 2.35. The van der Waals surface area contributed by atoms with Gasteiger partial charge in [0.25, 0.3) is 11.8 Å². The van der Waals surface area contributed by atoms with Crippen molar-refractivity contribution in [2.45, 2.75) is 46.1 Å². The Kier molecular flexibility index (Phi) is 9.47. The molecule has 1 fully saturated rings. The van der Waals surface area contributed by atoms with Crippen molar-refractivity contribution in [1.29, 1.82) is 0 Å². The molecule has 2 aromatic carbocycles. The molecule has 3 atom stereocenters. The summed E-state index contributed by atoms with van der Waals surface area (Å²) < 4.78 is 10.9. The first-order chi connectivity index (χ1) is 17.2. The van der Waals surface area contributed by atoms with Crippen LogP contribution in [-0.4, -0.2) is 36.5 Å². The average Bonchev–Trinajstić information content (AvgIpc) is 2.86. The molecule has 36 heavy (non-hydrogen) atoms. The van der Waals surface area contributed by atoms with Crippen LogP contribution in [0.15, 0.2) is 48.5 Å². The lowest BCUT2D eigenvalue weighted by Gasteiger charge is -2.36. The van der Waals surface area contributed by atoms with E-state index in [0.717, 1.165) is 19.3 Å². The molecule has 1 aliphatic carbocycles. The largest absolute Gasteiger partial charge is 0.458 e. The average molecular weight is 515 g/mol. The van der Waals surface area contributed by atoms with Crippen LogP contribution in [0.25, 0.3) is 0 Å². The summed E-state index contributed by atoms with van der Waals surface area (Å²) in [4.78, 5) is 49.9. The number of hydrogen-bond acceptors (Lipinski definition) is 6. The molecule has 0 heterocycles. The quantitative estimate of drug-likeness (QED) is 0.413. The number of hydrazine groups is 1. The van der Waals surface area contributed by atoms with Gasteiger partial charge >= 0.3 is 11.9 Å². The molecule has 0 saturated heterocycles. The van der Waals surface area contributed by atoms with E-state index in [1.165, 1.54) is 18.2 Å². The van der Waals surface area contributed by atoms with Crippen molar-refractivity contribution in [2.75, 3.05) is 6.61 Å². The monoisotopic (exact) mass is 514 g/mol. The summed E-state index contributed by atoms with van der Waals surface area (Å²) in [5, 5.41) is 0.224. The normalized spacial score (nSPS) is 19.3. The molecule has 1 aliphatic rings. The van der Waals surface area contributed by atoms with Crippen molar-refractivity contribution < 1.29 is 28.7 Å². The SMILES string of the molecule is CC(C)[C@H]1CC[C@@H](C)C[C@@H]1OC(=O)c1ccccc1C(=O)OCC(=O)NNC(=O)c1ccccc1Cl. The Morgan fingerprint density at radius 2 is 1.53 bits per heavy atom. The van der Waals surface area contributed by atoms with Crippen LogP contribution in [0.3, 0.4) is 0 Å². The fourth-order valence-electron chi connectivity index (χ4n) is 4.37. The van der Waals surface area contributed by atoms with Gasteiger partial charge in [0.15, 0.2) is 6.61 Å². The molecule has 1 saturated carbocycles. The van der Waals surface area contributed by atoms with Crippen molar-refractivity contribution >= 4 is 35.4 Å². The van der Waals surface area contributed by atoms with Crippen LogP contribution in [0, 0.1) is 17.8 Å². The van der Waals surface area contributed by atoms with Crippen molar-refractivity contribution in [3.8, 4) is 0 Å². The molecule has 2 aromatic rings. The van der Waals surface area contributed by atoms with Gasteiger partial charge in [-0.1, -0.05) is 63.1 Å². The van der Waals surface area contributed by atoms with E-state index in [0.29, 0.717) is 11.8 Å². The third-order valence-corrected chi connectivity index (χ3v) is 6.68. The molecule has 0 aromatic heterocycles. The van der Waals surface area contributed by atoms with Crippen molar-refractivity contribution in [3.63, 3.8) is 0 Å². The van der Waals surface area contributed by atoms with E-state index in [1.54, 1.807) is 30.3 Å². The highest BCUT2D eigenvalue weighted by atomic mass is 35.5. The lowest BCUT2D eigenvalue weighted by atomic mass is 9.75. The molecule has 9 heteroatoms. The van der Waals surface area contributed by atoms with Crippen LogP contribution in [0.2, 0.25) is 5.02 Å². The first-order valence-electron chi connectivity index (χ1n) is 12.0. The van der Waals surface area contributed by atoms with Gasteiger partial charge in [0.1, 0.15) is 6.10 Å². The van der Waals surface area contributed by atoms with Gasteiger partial charge in [0.05, 0.1) is 21.7 Å². The van der Waals surface area contributed by atoms with Gasteiger partial charge in [-0.05, 0) is 54.9 Å². The summed E-state index contributed by atoms with van der Waals surface area (Å²) in [7, 11) is 0. The van der Waals surface area contributed by atoms with Crippen LogP contribution >= 0.6 is 11.6 Å². The Bertz CT molecular complexity index is 1120. The Balaban J connectivity index is 1.58. The number of ether oxygens (including phenoxy) is 2. The first-order valence-corrected chi connectivity index (χ1v) is 12.4. The van der Waals surface area contributed by atoms with Crippen molar-refractivity contribution in [1.82, 2.24) is 10.9 Å². The van der Waals surface area contributed by atoms with Gasteiger partial charge in [0.2, 0.25) is 0 Å². The Labute approximate surface area is 215 Å². The summed E-state index contributed by atoms with van der Waals surface area (Å²) in [6.45, 7) is 5.72. The molecule has 192 valence electrons. The number of carbonyl (C=O) groups excluding carboxylic acids is 4. The summed E-state index contributed by atoms with van der Waals surface area (Å²) in [6, 6.07) is 12.5. The molecule has 8 nitrogen and oxygen atoms in total. The minimum absolute atomic E-state index is 0.000331. The van der Waals surface area contributed by atoms with E-state index in [1.807, 2.05) is 0 Å². The second kappa shape index (κ2) is 12.5. The highest BCUT2D eigenvalue weighted by molar-refractivity contribution is 6.33. The van der Waals surface area contributed by atoms with Crippen LogP contribution < -0.4 is 10.9 Å². The molecule has 0 radical (unpaired) electrons. The zero-order valence-electron chi connectivity index (χ0n) is 20.6. The fraction of sp³-hybridized carbons (Fsp3) is 0.407. The molecular formula is C27H31ClN2O6. The second-order valence-corrected chi connectivity index (χ2v) is 9.78. The predicted octanol–water partition coefficient (Wildman–Crippen LogP) is 4.58. The highest BCUT2D eigenvalue weighted by Gasteiger charge is 2.34. The topological polar surface area (TPSA) is 111 Å². The van der Waals surface area contributed by atoms with Gasteiger partial charge in [-0.25, -0.2) is 9.59 Å². The van der Waals surface area contributed by atoms with E-state index < -0.39 is 30.4 Å². The lowest BCUT2D eigenvalue weighted by molar-refractivity contribution is -0.125. The maximum Gasteiger partial charge on any atom is 0.339 e. The molecule has 2 N–H and O–H groups in total.